The Morgan fingerprint density at radius 3 is 2.53 bits per heavy atom. The average molecular weight is 340 g/mol. The summed E-state index contributed by atoms with van der Waals surface area (Å²) in [6, 6.07) is 7.45. The number of carbonyl (C=O) groups is 1. The van der Waals surface area contributed by atoms with Gasteiger partial charge in [-0.25, -0.2) is 0 Å². The molecule has 1 aromatic carbocycles. The number of amides is 1. The van der Waals surface area contributed by atoms with E-state index in [4.69, 9.17) is 4.74 Å². The molecule has 0 atom stereocenters. The highest BCUT2D eigenvalue weighted by molar-refractivity contribution is 9.11. The fourth-order valence-corrected chi connectivity index (χ4v) is 3.09. The van der Waals surface area contributed by atoms with Crippen molar-refractivity contribution in [2.75, 3.05) is 12.4 Å². The molecule has 5 heteroatoms. The van der Waals surface area contributed by atoms with Crippen molar-refractivity contribution in [2.24, 2.45) is 0 Å². The molecule has 0 bridgehead atoms. The Hall–Kier alpha value is -1.33. The number of rotatable bonds is 3. The molecular formula is C14H14BrNO2S. The van der Waals surface area contributed by atoms with Crippen LogP contribution in [0.2, 0.25) is 0 Å². The number of hydrogen-bond donors (Lipinski definition) is 1. The summed E-state index contributed by atoms with van der Waals surface area (Å²) < 4.78 is 6.13. The molecule has 1 amide bonds. The highest BCUT2D eigenvalue weighted by Crippen LogP contribution is 2.28. The molecule has 0 aliphatic carbocycles. The van der Waals surface area contributed by atoms with Crippen LogP contribution in [-0.4, -0.2) is 13.0 Å². The summed E-state index contributed by atoms with van der Waals surface area (Å²) in [5.41, 5.74) is 2.84. The minimum atomic E-state index is -0.0907. The molecule has 100 valence electrons. The van der Waals surface area contributed by atoms with Gasteiger partial charge in [0.2, 0.25) is 0 Å². The van der Waals surface area contributed by atoms with Crippen LogP contribution in [0.5, 0.6) is 5.75 Å². The van der Waals surface area contributed by atoms with Gasteiger partial charge >= 0.3 is 0 Å². The van der Waals surface area contributed by atoms with E-state index >= 15 is 0 Å². The van der Waals surface area contributed by atoms with Gasteiger partial charge in [-0.2, -0.15) is 0 Å². The molecule has 19 heavy (non-hydrogen) atoms. The van der Waals surface area contributed by atoms with Gasteiger partial charge in [-0.15, -0.1) is 11.3 Å². The third-order valence-corrected chi connectivity index (χ3v) is 4.90. The van der Waals surface area contributed by atoms with Gasteiger partial charge in [0.1, 0.15) is 5.75 Å². The van der Waals surface area contributed by atoms with Crippen molar-refractivity contribution in [3.63, 3.8) is 0 Å². The van der Waals surface area contributed by atoms with E-state index in [0.717, 1.165) is 26.4 Å². The number of aryl methyl sites for hydroxylation is 2. The van der Waals surface area contributed by atoms with Gasteiger partial charge in [-0.05, 0) is 65.2 Å². The van der Waals surface area contributed by atoms with E-state index in [1.165, 1.54) is 11.3 Å². The second-order valence-corrected chi connectivity index (χ2v) is 6.57. The number of nitrogens with one attached hydrogen (secondary N) is 1. The van der Waals surface area contributed by atoms with E-state index in [-0.39, 0.29) is 5.91 Å². The number of hydrogen-bond acceptors (Lipinski definition) is 3. The van der Waals surface area contributed by atoms with Crippen LogP contribution in [0.4, 0.5) is 5.69 Å². The molecule has 0 unspecified atom stereocenters. The van der Waals surface area contributed by atoms with Crippen LogP contribution < -0.4 is 10.1 Å². The van der Waals surface area contributed by atoms with Crippen molar-refractivity contribution in [3.8, 4) is 5.75 Å². The van der Waals surface area contributed by atoms with Gasteiger partial charge in [0, 0.05) is 5.69 Å². The second kappa shape index (κ2) is 5.75. The molecule has 0 spiro atoms. The summed E-state index contributed by atoms with van der Waals surface area (Å²) in [5.74, 6) is 0.692. The fourth-order valence-electron chi connectivity index (χ4n) is 1.66. The summed E-state index contributed by atoms with van der Waals surface area (Å²) in [6.45, 7) is 3.91. The lowest BCUT2D eigenvalue weighted by atomic mass is 10.2. The first-order valence-electron chi connectivity index (χ1n) is 5.73. The van der Waals surface area contributed by atoms with Crippen molar-refractivity contribution in [1.82, 2.24) is 0 Å². The van der Waals surface area contributed by atoms with Crippen LogP contribution in [0.15, 0.2) is 28.1 Å². The van der Waals surface area contributed by atoms with E-state index in [1.54, 1.807) is 7.11 Å². The molecule has 1 heterocycles. The zero-order chi connectivity index (χ0) is 14.0. The summed E-state index contributed by atoms with van der Waals surface area (Å²) in [6.07, 6.45) is 0. The second-order valence-electron chi connectivity index (χ2n) is 4.20. The smallest absolute Gasteiger partial charge is 0.265 e. The zero-order valence-corrected chi connectivity index (χ0v) is 13.3. The Morgan fingerprint density at radius 2 is 2.00 bits per heavy atom. The quantitative estimate of drug-likeness (QED) is 0.900. The van der Waals surface area contributed by atoms with E-state index in [2.05, 4.69) is 21.2 Å². The lowest BCUT2D eigenvalue weighted by Gasteiger charge is -2.09. The first-order valence-corrected chi connectivity index (χ1v) is 7.34. The minimum Gasteiger partial charge on any atom is -0.497 e. The van der Waals surface area contributed by atoms with Crippen LogP contribution >= 0.6 is 27.3 Å². The maximum Gasteiger partial charge on any atom is 0.265 e. The van der Waals surface area contributed by atoms with Gasteiger partial charge < -0.3 is 10.1 Å². The van der Waals surface area contributed by atoms with Gasteiger partial charge in [-0.3, -0.25) is 4.79 Å². The normalized spacial score (nSPS) is 10.3. The number of benzene rings is 1. The Labute approximate surface area is 124 Å². The van der Waals surface area contributed by atoms with Crippen molar-refractivity contribution in [1.29, 1.82) is 0 Å². The summed E-state index contributed by atoms with van der Waals surface area (Å²) in [5, 5.41) is 2.91. The first-order chi connectivity index (χ1) is 9.01. The fraction of sp³-hybridized carbons (Fsp3) is 0.214. The molecule has 3 nitrogen and oxygen atoms in total. The maximum absolute atomic E-state index is 12.1. The minimum absolute atomic E-state index is 0.0907. The number of anilines is 1. The Bertz CT molecular complexity index is 602. The number of carbonyl (C=O) groups excluding carboxylic acids is 1. The zero-order valence-electron chi connectivity index (χ0n) is 10.9. The van der Waals surface area contributed by atoms with Gasteiger partial charge in [0.05, 0.1) is 15.8 Å². The lowest BCUT2D eigenvalue weighted by molar-refractivity contribution is 0.103. The first kappa shape index (κ1) is 14.1. The monoisotopic (exact) mass is 339 g/mol. The highest BCUT2D eigenvalue weighted by atomic mass is 79.9. The molecular weight excluding hydrogens is 326 g/mol. The van der Waals surface area contributed by atoms with Crippen LogP contribution in [0.25, 0.3) is 0 Å². The topological polar surface area (TPSA) is 38.3 Å². The SMILES string of the molecule is COc1ccc(NC(=O)c2cc(C)c(Br)s2)c(C)c1. The van der Waals surface area contributed by atoms with Crippen LogP contribution in [0.3, 0.4) is 0 Å². The number of thiophene rings is 1. The molecule has 1 N–H and O–H groups in total. The third-order valence-electron chi connectivity index (χ3n) is 2.76. The Kier molecular flexibility index (Phi) is 4.27. The summed E-state index contributed by atoms with van der Waals surface area (Å²) in [4.78, 5) is 12.8. The molecule has 1 aromatic heterocycles. The maximum atomic E-state index is 12.1. The van der Waals surface area contributed by atoms with Gasteiger partial charge in [0.25, 0.3) is 5.91 Å². The van der Waals surface area contributed by atoms with Crippen molar-refractivity contribution >= 4 is 38.9 Å². The molecule has 0 fully saturated rings. The van der Waals surface area contributed by atoms with Crippen molar-refractivity contribution in [2.45, 2.75) is 13.8 Å². The standard InChI is InChI=1S/C14H14BrNO2S/c1-8-6-10(18-3)4-5-11(8)16-14(17)12-7-9(2)13(15)19-12/h4-7H,1-3H3,(H,16,17). The number of methoxy groups -OCH3 is 1. The molecule has 2 rings (SSSR count). The van der Waals surface area contributed by atoms with Gasteiger partial charge in [-0.1, -0.05) is 0 Å². The molecule has 0 saturated carbocycles. The number of halogens is 1. The molecule has 2 aromatic rings. The highest BCUT2D eigenvalue weighted by Gasteiger charge is 2.12. The Balaban J connectivity index is 2.19. The van der Waals surface area contributed by atoms with E-state index < -0.39 is 0 Å². The largest absolute Gasteiger partial charge is 0.497 e. The summed E-state index contributed by atoms with van der Waals surface area (Å²) >= 11 is 4.86. The Morgan fingerprint density at radius 1 is 1.26 bits per heavy atom. The van der Waals surface area contributed by atoms with Crippen LogP contribution in [-0.2, 0) is 0 Å². The van der Waals surface area contributed by atoms with Crippen LogP contribution in [0, 0.1) is 13.8 Å². The molecule has 0 aliphatic rings. The molecule has 0 saturated heterocycles. The van der Waals surface area contributed by atoms with E-state index in [9.17, 15) is 4.79 Å². The van der Waals surface area contributed by atoms with Gasteiger partial charge in [0.15, 0.2) is 0 Å². The van der Waals surface area contributed by atoms with Crippen molar-refractivity contribution < 1.29 is 9.53 Å². The third kappa shape index (κ3) is 3.16. The average Bonchev–Trinajstić information content (AvgIpc) is 2.72. The van der Waals surface area contributed by atoms with Crippen LogP contribution in [0.1, 0.15) is 20.8 Å². The van der Waals surface area contributed by atoms with E-state index in [0.29, 0.717) is 4.88 Å². The predicted molar refractivity (Wildman–Crippen MR) is 82.4 cm³/mol. The number of ether oxygens (including phenoxy) is 1. The van der Waals surface area contributed by atoms with Crippen molar-refractivity contribution in [3.05, 3.63) is 44.1 Å². The van der Waals surface area contributed by atoms with E-state index in [1.807, 2.05) is 38.1 Å². The lowest BCUT2D eigenvalue weighted by Crippen LogP contribution is -2.11. The predicted octanol–water partition coefficient (Wildman–Crippen LogP) is 4.39. The molecule has 0 radical (unpaired) electrons. The summed E-state index contributed by atoms with van der Waals surface area (Å²) in [7, 11) is 1.62. The molecule has 0 aliphatic heterocycles.